The molecule has 1 heterocycles. The van der Waals surface area contributed by atoms with Gasteiger partial charge >= 0.3 is 0 Å². The summed E-state index contributed by atoms with van der Waals surface area (Å²) in [6.07, 6.45) is 0.699. The Morgan fingerprint density at radius 3 is 2.56 bits per heavy atom. The van der Waals surface area contributed by atoms with Gasteiger partial charge in [0.25, 0.3) is 0 Å². The van der Waals surface area contributed by atoms with Crippen LogP contribution in [0.2, 0.25) is 0 Å². The fourth-order valence-corrected chi connectivity index (χ4v) is 2.42. The lowest BCUT2D eigenvalue weighted by molar-refractivity contribution is 0.153. The Labute approximate surface area is 110 Å². The van der Waals surface area contributed by atoms with Crippen LogP contribution in [0.15, 0.2) is 24.3 Å². The van der Waals surface area contributed by atoms with E-state index in [9.17, 15) is 5.11 Å². The van der Waals surface area contributed by atoms with Gasteiger partial charge in [0.05, 0.1) is 6.10 Å². The molecular weight excluding hydrogens is 224 g/mol. The molecule has 1 unspecified atom stereocenters. The SMILES string of the molecule is Cc1cccc(N2CCN(CCC(C)O)CC2)c1. The molecule has 0 saturated carbocycles. The highest BCUT2D eigenvalue weighted by atomic mass is 16.3. The molecule has 18 heavy (non-hydrogen) atoms. The number of anilines is 1. The maximum absolute atomic E-state index is 9.31. The van der Waals surface area contributed by atoms with Crippen LogP contribution in [0.3, 0.4) is 0 Å². The number of nitrogens with zero attached hydrogens (tertiary/aromatic N) is 2. The van der Waals surface area contributed by atoms with E-state index in [1.54, 1.807) is 0 Å². The Bertz CT molecular complexity index is 371. The topological polar surface area (TPSA) is 26.7 Å². The van der Waals surface area contributed by atoms with Crippen LogP contribution < -0.4 is 4.90 Å². The van der Waals surface area contributed by atoms with Gasteiger partial charge in [-0.05, 0) is 38.0 Å². The van der Waals surface area contributed by atoms with Crippen molar-refractivity contribution in [2.24, 2.45) is 0 Å². The largest absolute Gasteiger partial charge is 0.393 e. The van der Waals surface area contributed by atoms with Crippen LogP contribution in [0.4, 0.5) is 5.69 Å². The molecule has 1 fully saturated rings. The van der Waals surface area contributed by atoms with E-state index < -0.39 is 0 Å². The molecule has 0 amide bonds. The van der Waals surface area contributed by atoms with Gasteiger partial charge in [0, 0.05) is 38.4 Å². The first-order valence-corrected chi connectivity index (χ1v) is 6.87. The molecule has 0 aromatic heterocycles. The monoisotopic (exact) mass is 248 g/mol. The second kappa shape index (κ2) is 6.21. The zero-order valence-electron chi connectivity index (χ0n) is 11.5. The highest BCUT2D eigenvalue weighted by molar-refractivity contribution is 5.48. The standard InChI is InChI=1S/C15H24N2O/c1-13-4-3-5-15(12-13)17-10-8-16(9-11-17)7-6-14(2)18/h3-5,12,14,18H,6-11H2,1-2H3. The van der Waals surface area contributed by atoms with Crippen molar-refractivity contribution in [1.29, 1.82) is 0 Å². The predicted molar refractivity (Wildman–Crippen MR) is 76.1 cm³/mol. The molecule has 1 aromatic carbocycles. The Morgan fingerprint density at radius 1 is 1.22 bits per heavy atom. The summed E-state index contributed by atoms with van der Waals surface area (Å²) in [5.41, 5.74) is 2.66. The number of hydrogen-bond acceptors (Lipinski definition) is 3. The molecule has 1 N–H and O–H groups in total. The number of benzene rings is 1. The van der Waals surface area contributed by atoms with Gasteiger partial charge in [-0.2, -0.15) is 0 Å². The summed E-state index contributed by atoms with van der Waals surface area (Å²) in [7, 11) is 0. The van der Waals surface area contributed by atoms with E-state index in [1.165, 1.54) is 11.3 Å². The molecular formula is C15H24N2O. The molecule has 1 saturated heterocycles. The van der Waals surface area contributed by atoms with Crippen molar-refractivity contribution < 1.29 is 5.11 Å². The Kier molecular flexibility index (Phi) is 4.61. The minimum atomic E-state index is -0.181. The van der Waals surface area contributed by atoms with Crippen molar-refractivity contribution in [3.8, 4) is 0 Å². The van der Waals surface area contributed by atoms with Crippen molar-refractivity contribution in [3.05, 3.63) is 29.8 Å². The fourth-order valence-electron chi connectivity index (χ4n) is 2.42. The number of piperazine rings is 1. The smallest absolute Gasteiger partial charge is 0.0524 e. The first-order chi connectivity index (χ1) is 8.65. The lowest BCUT2D eigenvalue weighted by atomic mass is 10.2. The molecule has 1 atom stereocenters. The molecule has 0 bridgehead atoms. The average Bonchev–Trinajstić information content (AvgIpc) is 2.37. The van der Waals surface area contributed by atoms with E-state index in [2.05, 4.69) is 41.0 Å². The summed E-state index contributed by atoms with van der Waals surface area (Å²) in [6, 6.07) is 8.72. The molecule has 1 aliphatic heterocycles. The predicted octanol–water partition coefficient (Wildman–Crippen LogP) is 1.89. The Hall–Kier alpha value is -1.06. The quantitative estimate of drug-likeness (QED) is 0.881. The van der Waals surface area contributed by atoms with Crippen LogP contribution >= 0.6 is 0 Å². The highest BCUT2D eigenvalue weighted by Crippen LogP contribution is 2.17. The van der Waals surface area contributed by atoms with Gasteiger partial charge in [0.2, 0.25) is 0 Å². The van der Waals surface area contributed by atoms with Gasteiger partial charge in [-0.1, -0.05) is 12.1 Å². The first kappa shape index (κ1) is 13.4. The molecule has 1 aromatic rings. The van der Waals surface area contributed by atoms with Gasteiger partial charge in [0.15, 0.2) is 0 Å². The van der Waals surface area contributed by atoms with Crippen LogP contribution in [-0.4, -0.2) is 48.8 Å². The average molecular weight is 248 g/mol. The van der Waals surface area contributed by atoms with Crippen LogP contribution in [0.25, 0.3) is 0 Å². The highest BCUT2D eigenvalue weighted by Gasteiger charge is 2.17. The van der Waals surface area contributed by atoms with E-state index in [1.807, 2.05) is 6.92 Å². The second-order valence-corrected chi connectivity index (χ2v) is 5.31. The molecule has 0 aliphatic carbocycles. The van der Waals surface area contributed by atoms with Gasteiger partial charge < -0.3 is 10.0 Å². The van der Waals surface area contributed by atoms with Crippen molar-refractivity contribution in [2.75, 3.05) is 37.6 Å². The first-order valence-electron chi connectivity index (χ1n) is 6.87. The van der Waals surface area contributed by atoms with Crippen LogP contribution in [0.5, 0.6) is 0 Å². The van der Waals surface area contributed by atoms with Gasteiger partial charge in [-0.25, -0.2) is 0 Å². The molecule has 100 valence electrons. The number of aliphatic hydroxyl groups excluding tert-OH is 1. The summed E-state index contributed by atoms with van der Waals surface area (Å²) in [5.74, 6) is 0. The lowest BCUT2D eigenvalue weighted by Crippen LogP contribution is -2.47. The van der Waals surface area contributed by atoms with Crippen LogP contribution in [-0.2, 0) is 0 Å². The minimum Gasteiger partial charge on any atom is -0.393 e. The number of rotatable bonds is 4. The third kappa shape index (κ3) is 3.72. The molecule has 1 aliphatic rings. The summed E-state index contributed by atoms with van der Waals surface area (Å²) in [4.78, 5) is 4.89. The van der Waals surface area contributed by atoms with E-state index in [4.69, 9.17) is 0 Å². The maximum Gasteiger partial charge on any atom is 0.0524 e. The molecule has 0 radical (unpaired) electrons. The minimum absolute atomic E-state index is 0.181. The number of hydrogen-bond donors (Lipinski definition) is 1. The number of aliphatic hydroxyl groups is 1. The molecule has 3 heteroatoms. The van der Waals surface area contributed by atoms with Gasteiger partial charge in [0.1, 0.15) is 0 Å². The van der Waals surface area contributed by atoms with E-state index in [-0.39, 0.29) is 6.10 Å². The fraction of sp³-hybridized carbons (Fsp3) is 0.600. The van der Waals surface area contributed by atoms with Crippen molar-refractivity contribution in [3.63, 3.8) is 0 Å². The summed E-state index contributed by atoms with van der Waals surface area (Å²) in [5, 5.41) is 9.31. The zero-order valence-corrected chi connectivity index (χ0v) is 11.5. The summed E-state index contributed by atoms with van der Waals surface area (Å²) >= 11 is 0. The summed E-state index contributed by atoms with van der Waals surface area (Å²) in [6.45, 7) is 9.39. The zero-order chi connectivity index (χ0) is 13.0. The molecule has 2 rings (SSSR count). The third-order valence-corrected chi connectivity index (χ3v) is 3.60. The van der Waals surface area contributed by atoms with Crippen molar-refractivity contribution in [2.45, 2.75) is 26.4 Å². The second-order valence-electron chi connectivity index (χ2n) is 5.31. The third-order valence-electron chi connectivity index (χ3n) is 3.60. The van der Waals surface area contributed by atoms with Crippen molar-refractivity contribution in [1.82, 2.24) is 4.90 Å². The molecule has 0 spiro atoms. The van der Waals surface area contributed by atoms with E-state index in [0.29, 0.717) is 0 Å². The van der Waals surface area contributed by atoms with Crippen LogP contribution in [0, 0.1) is 6.92 Å². The van der Waals surface area contributed by atoms with Gasteiger partial charge in [-0.15, -0.1) is 0 Å². The Morgan fingerprint density at radius 2 is 1.94 bits per heavy atom. The summed E-state index contributed by atoms with van der Waals surface area (Å²) < 4.78 is 0. The van der Waals surface area contributed by atoms with Crippen LogP contribution in [0.1, 0.15) is 18.9 Å². The van der Waals surface area contributed by atoms with E-state index in [0.717, 1.165) is 39.1 Å². The van der Waals surface area contributed by atoms with Gasteiger partial charge in [-0.3, -0.25) is 4.90 Å². The molecule has 3 nitrogen and oxygen atoms in total. The van der Waals surface area contributed by atoms with Crippen molar-refractivity contribution >= 4 is 5.69 Å². The Balaban J connectivity index is 1.83. The normalized spacial score (nSPS) is 18.9. The van der Waals surface area contributed by atoms with E-state index >= 15 is 0 Å². The number of aryl methyl sites for hydroxylation is 1. The maximum atomic E-state index is 9.31. The lowest BCUT2D eigenvalue weighted by Gasteiger charge is -2.36.